The molecule has 5 heteroatoms. The molecule has 3 aliphatic rings. The lowest BCUT2D eigenvalue weighted by molar-refractivity contribution is -0.143. The van der Waals surface area contributed by atoms with Crippen LogP contribution in [0.2, 0.25) is 0 Å². The maximum atomic E-state index is 12.7. The van der Waals surface area contributed by atoms with Crippen molar-refractivity contribution in [3.63, 3.8) is 0 Å². The quantitative estimate of drug-likeness (QED) is 0.899. The van der Waals surface area contributed by atoms with Crippen LogP contribution < -0.4 is 0 Å². The topological polar surface area (TPSA) is 66.8 Å². The number of ether oxygens (including phenoxy) is 1. The molecule has 1 spiro atoms. The number of carboxylic acids is 1. The van der Waals surface area contributed by atoms with E-state index < -0.39 is 18.1 Å². The maximum absolute atomic E-state index is 12.7. The van der Waals surface area contributed by atoms with E-state index in [9.17, 15) is 14.7 Å². The van der Waals surface area contributed by atoms with Crippen LogP contribution in [0.4, 0.5) is 4.79 Å². The van der Waals surface area contributed by atoms with Crippen LogP contribution in [-0.2, 0) is 9.53 Å². The van der Waals surface area contributed by atoms with Crippen LogP contribution in [0.3, 0.4) is 0 Å². The first-order valence-electron chi connectivity index (χ1n) is 9.45. The zero-order chi connectivity index (χ0) is 18.6. The number of carbonyl (C=O) groups excluding carboxylic acids is 1. The summed E-state index contributed by atoms with van der Waals surface area (Å²) in [5.41, 5.74) is 4.45. The number of carboxylic acid groups (broad SMARTS) is 1. The Labute approximate surface area is 157 Å². The molecule has 1 saturated heterocycles. The molecule has 1 unspecified atom stereocenters. The van der Waals surface area contributed by atoms with Gasteiger partial charge >= 0.3 is 12.1 Å². The van der Waals surface area contributed by atoms with Crippen molar-refractivity contribution in [1.82, 2.24) is 4.90 Å². The summed E-state index contributed by atoms with van der Waals surface area (Å²) >= 11 is 0. The fourth-order valence-corrected chi connectivity index (χ4v) is 4.89. The van der Waals surface area contributed by atoms with E-state index in [0.29, 0.717) is 6.54 Å². The number of amides is 1. The summed E-state index contributed by atoms with van der Waals surface area (Å²) < 4.78 is 5.65. The lowest BCUT2D eigenvalue weighted by atomic mass is 9.97. The molecule has 2 aliphatic carbocycles. The largest absolute Gasteiger partial charge is 0.480 e. The Balaban J connectivity index is 1.36. The number of rotatable bonds is 3. The third-order valence-corrected chi connectivity index (χ3v) is 6.44. The van der Waals surface area contributed by atoms with Crippen LogP contribution >= 0.6 is 0 Å². The van der Waals surface area contributed by atoms with Crippen molar-refractivity contribution in [3.05, 3.63) is 59.7 Å². The van der Waals surface area contributed by atoms with Gasteiger partial charge in [0, 0.05) is 17.9 Å². The van der Waals surface area contributed by atoms with Gasteiger partial charge in [-0.1, -0.05) is 48.5 Å². The smallest absolute Gasteiger partial charge is 0.410 e. The number of nitrogens with zero attached hydrogens (tertiary/aromatic N) is 1. The van der Waals surface area contributed by atoms with E-state index in [-0.39, 0.29) is 17.9 Å². The van der Waals surface area contributed by atoms with Gasteiger partial charge in [-0.2, -0.15) is 0 Å². The van der Waals surface area contributed by atoms with Crippen molar-refractivity contribution in [2.75, 3.05) is 13.2 Å². The van der Waals surface area contributed by atoms with Gasteiger partial charge in [0.05, 0.1) is 0 Å². The van der Waals surface area contributed by atoms with E-state index in [2.05, 4.69) is 24.3 Å². The van der Waals surface area contributed by atoms with Crippen LogP contribution in [0, 0.1) is 5.41 Å². The summed E-state index contributed by atoms with van der Waals surface area (Å²) in [5.74, 6) is -0.930. The van der Waals surface area contributed by atoms with Crippen molar-refractivity contribution >= 4 is 12.1 Å². The van der Waals surface area contributed by atoms with Crippen molar-refractivity contribution < 1.29 is 19.4 Å². The first-order valence-corrected chi connectivity index (χ1v) is 9.45. The molecule has 2 aromatic rings. The number of aliphatic carboxylic acids is 1. The second kappa shape index (κ2) is 5.84. The van der Waals surface area contributed by atoms with E-state index in [1.165, 1.54) is 16.0 Å². The van der Waals surface area contributed by atoms with Crippen molar-refractivity contribution in [2.45, 2.75) is 31.2 Å². The van der Waals surface area contributed by atoms with Crippen LogP contribution in [0.1, 0.15) is 36.3 Å². The Morgan fingerprint density at radius 1 is 1.00 bits per heavy atom. The van der Waals surface area contributed by atoms with E-state index in [1.807, 2.05) is 24.3 Å². The zero-order valence-corrected chi connectivity index (χ0v) is 14.9. The Kier molecular flexibility index (Phi) is 3.54. The van der Waals surface area contributed by atoms with Crippen molar-refractivity contribution in [2.24, 2.45) is 5.41 Å². The van der Waals surface area contributed by atoms with Crippen LogP contribution in [0.5, 0.6) is 0 Å². The summed E-state index contributed by atoms with van der Waals surface area (Å²) in [5, 5.41) is 9.60. The molecule has 27 heavy (non-hydrogen) atoms. The lowest BCUT2D eigenvalue weighted by Crippen LogP contribution is -2.44. The number of benzene rings is 2. The van der Waals surface area contributed by atoms with Crippen LogP contribution in [-0.4, -0.2) is 41.3 Å². The Bertz CT molecular complexity index is 888. The summed E-state index contributed by atoms with van der Waals surface area (Å²) in [6.07, 6.45) is 2.02. The van der Waals surface area contributed by atoms with Gasteiger partial charge in [-0.3, -0.25) is 4.90 Å². The monoisotopic (exact) mass is 363 g/mol. The summed E-state index contributed by atoms with van der Waals surface area (Å²) in [4.78, 5) is 25.8. The highest BCUT2D eigenvalue weighted by Crippen LogP contribution is 2.57. The van der Waals surface area contributed by atoms with E-state index in [4.69, 9.17) is 4.74 Å². The molecule has 1 atom stereocenters. The fraction of sp³-hybridized carbons (Fsp3) is 0.364. The molecular formula is C22H21NO4. The molecule has 0 radical (unpaired) electrons. The third kappa shape index (κ3) is 2.45. The first-order chi connectivity index (χ1) is 13.1. The molecule has 2 aromatic carbocycles. The number of hydrogen-bond donors (Lipinski definition) is 1. The Morgan fingerprint density at radius 2 is 1.59 bits per heavy atom. The van der Waals surface area contributed by atoms with Gasteiger partial charge in [-0.25, -0.2) is 9.59 Å². The maximum Gasteiger partial charge on any atom is 0.410 e. The summed E-state index contributed by atoms with van der Waals surface area (Å²) in [7, 11) is 0. The van der Waals surface area contributed by atoms with Gasteiger partial charge in [-0.15, -0.1) is 0 Å². The molecule has 138 valence electrons. The second-order valence-corrected chi connectivity index (χ2v) is 7.85. The molecule has 5 rings (SSSR count). The lowest BCUT2D eigenvalue weighted by Gasteiger charge is -2.25. The van der Waals surface area contributed by atoms with Gasteiger partial charge in [0.2, 0.25) is 0 Å². The van der Waals surface area contributed by atoms with Gasteiger partial charge in [-0.05, 0) is 41.5 Å². The molecule has 0 aromatic heterocycles. The Hall–Kier alpha value is -2.82. The normalized spacial score (nSPS) is 21.8. The highest BCUT2D eigenvalue weighted by molar-refractivity contribution is 5.83. The number of likely N-dealkylation sites (tertiary alicyclic amines) is 1. The molecule has 1 N–H and O–H groups in total. The van der Waals surface area contributed by atoms with Crippen molar-refractivity contribution in [1.29, 1.82) is 0 Å². The van der Waals surface area contributed by atoms with Gasteiger partial charge in [0.25, 0.3) is 0 Å². The minimum absolute atomic E-state index is 0.0119. The molecule has 2 fully saturated rings. The molecule has 0 bridgehead atoms. The van der Waals surface area contributed by atoms with Gasteiger partial charge in [0.1, 0.15) is 12.6 Å². The molecule has 5 nitrogen and oxygen atoms in total. The van der Waals surface area contributed by atoms with E-state index in [0.717, 1.165) is 30.4 Å². The SMILES string of the molecule is O=C(O)C1N(C(=O)OCC2c3ccccc3-c3ccccc32)CCC12CC2. The summed E-state index contributed by atoms with van der Waals surface area (Å²) in [6, 6.07) is 15.6. The number of carbonyl (C=O) groups is 2. The average Bonchev–Trinajstić information content (AvgIpc) is 3.23. The molecule has 1 heterocycles. The standard InChI is InChI=1S/C22H21NO4/c24-20(25)19-22(9-10-22)11-12-23(19)21(26)27-13-18-16-7-3-1-5-14(16)15-6-2-4-8-17(15)18/h1-8,18-19H,9-13H2,(H,24,25). The highest BCUT2D eigenvalue weighted by Gasteiger charge is 2.60. The first kappa shape index (κ1) is 16.4. The van der Waals surface area contributed by atoms with E-state index >= 15 is 0 Å². The fourth-order valence-electron chi connectivity index (χ4n) is 4.89. The minimum atomic E-state index is -0.918. The van der Waals surface area contributed by atoms with Gasteiger partial charge < -0.3 is 9.84 Å². The third-order valence-electron chi connectivity index (χ3n) is 6.44. The zero-order valence-electron chi connectivity index (χ0n) is 14.9. The van der Waals surface area contributed by atoms with Crippen LogP contribution in [0.25, 0.3) is 11.1 Å². The van der Waals surface area contributed by atoms with Gasteiger partial charge in [0.15, 0.2) is 0 Å². The number of hydrogen-bond acceptors (Lipinski definition) is 3. The van der Waals surface area contributed by atoms with Crippen LogP contribution in [0.15, 0.2) is 48.5 Å². The molecular weight excluding hydrogens is 342 g/mol. The van der Waals surface area contributed by atoms with Crippen molar-refractivity contribution in [3.8, 4) is 11.1 Å². The molecule has 1 amide bonds. The molecule has 1 saturated carbocycles. The predicted octanol–water partition coefficient (Wildman–Crippen LogP) is 3.87. The summed E-state index contributed by atoms with van der Waals surface area (Å²) in [6.45, 7) is 0.691. The predicted molar refractivity (Wildman–Crippen MR) is 99.5 cm³/mol. The Morgan fingerprint density at radius 3 is 2.15 bits per heavy atom. The average molecular weight is 363 g/mol. The number of fused-ring (bicyclic) bond motifs is 3. The second-order valence-electron chi connectivity index (χ2n) is 7.85. The molecule has 1 aliphatic heterocycles. The minimum Gasteiger partial charge on any atom is -0.480 e. The van der Waals surface area contributed by atoms with E-state index in [1.54, 1.807) is 0 Å². The highest BCUT2D eigenvalue weighted by atomic mass is 16.6.